The Kier molecular flexibility index (Phi) is 6.47. The first-order valence-corrected chi connectivity index (χ1v) is 11.1. The molecule has 0 bridgehead atoms. The molecule has 1 fully saturated rings. The van der Waals surface area contributed by atoms with Crippen LogP contribution in [0.25, 0.3) is 11.1 Å². The second-order valence-electron chi connectivity index (χ2n) is 9.39. The van der Waals surface area contributed by atoms with E-state index in [1.54, 1.807) is 20.8 Å². The van der Waals surface area contributed by atoms with Crippen LogP contribution in [-0.4, -0.2) is 59.1 Å². The van der Waals surface area contributed by atoms with Crippen LogP contribution in [0.5, 0.6) is 0 Å². The fourth-order valence-electron chi connectivity index (χ4n) is 4.43. The Hall–Kier alpha value is -3.59. The van der Waals surface area contributed by atoms with Gasteiger partial charge in [0.15, 0.2) is 0 Å². The Morgan fingerprint density at radius 1 is 1.03 bits per heavy atom. The highest BCUT2D eigenvalue weighted by atomic mass is 16.7. The molecule has 0 radical (unpaired) electrons. The fraction of sp³-hybridized carbons (Fsp3) is 0.400. The molecule has 9 nitrogen and oxygen atoms in total. The number of aliphatic carboxylic acids is 1. The highest BCUT2D eigenvalue weighted by Crippen LogP contribution is 2.44. The number of hydrogen-bond donors (Lipinski definition) is 2. The van der Waals surface area contributed by atoms with Crippen molar-refractivity contribution in [3.05, 3.63) is 59.7 Å². The maximum Gasteiger partial charge on any atom is 0.431 e. The van der Waals surface area contributed by atoms with Crippen molar-refractivity contribution in [2.24, 2.45) is 0 Å². The summed E-state index contributed by atoms with van der Waals surface area (Å²) < 4.78 is 10.7. The molecule has 9 heteroatoms. The standard InChI is InChI=1S/C25H28N2O7/c1-25(2,3)33-23(30)26-34-15-12-21(22(28)29)27(13-15)24(31)32-14-20-18-10-6-4-8-16(18)17-9-5-7-11-19(17)20/h4-11,15,20-21H,12-14H2,1-3H3,(H,26,30)(H,28,29)/t15-,21+/m1/s1. The normalized spacial score (nSPS) is 19.3. The van der Waals surface area contributed by atoms with E-state index in [0.29, 0.717) is 0 Å². The van der Waals surface area contributed by atoms with Crippen LogP contribution in [0.2, 0.25) is 0 Å². The molecule has 180 valence electrons. The molecule has 1 heterocycles. The van der Waals surface area contributed by atoms with Crippen molar-refractivity contribution in [3.63, 3.8) is 0 Å². The second kappa shape index (κ2) is 9.34. The van der Waals surface area contributed by atoms with Gasteiger partial charge in [-0.15, -0.1) is 0 Å². The zero-order valence-corrected chi connectivity index (χ0v) is 19.3. The molecule has 2 aromatic rings. The number of carbonyl (C=O) groups is 3. The number of hydroxylamine groups is 1. The summed E-state index contributed by atoms with van der Waals surface area (Å²) in [7, 11) is 0. The molecule has 1 aliphatic carbocycles. The first-order valence-electron chi connectivity index (χ1n) is 11.1. The van der Waals surface area contributed by atoms with Crippen LogP contribution in [0.15, 0.2) is 48.5 Å². The van der Waals surface area contributed by atoms with E-state index < -0.39 is 35.9 Å². The van der Waals surface area contributed by atoms with Gasteiger partial charge in [0, 0.05) is 12.3 Å². The zero-order chi connectivity index (χ0) is 24.5. The van der Waals surface area contributed by atoms with Gasteiger partial charge in [0.05, 0.1) is 6.54 Å². The molecule has 2 aliphatic rings. The maximum absolute atomic E-state index is 12.9. The van der Waals surface area contributed by atoms with Gasteiger partial charge in [-0.05, 0) is 43.0 Å². The van der Waals surface area contributed by atoms with Crippen LogP contribution in [0.4, 0.5) is 9.59 Å². The van der Waals surface area contributed by atoms with Crippen molar-refractivity contribution < 1.29 is 33.8 Å². The van der Waals surface area contributed by atoms with Gasteiger partial charge in [-0.2, -0.15) is 5.48 Å². The quantitative estimate of drug-likeness (QED) is 0.639. The molecular weight excluding hydrogens is 440 g/mol. The molecular formula is C25H28N2O7. The van der Waals surface area contributed by atoms with Gasteiger partial charge >= 0.3 is 18.2 Å². The van der Waals surface area contributed by atoms with Gasteiger partial charge in [0.2, 0.25) is 0 Å². The lowest BCUT2D eigenvalue weighted by molar-refractivity contribution is -0.141. The van der Waals surface area contributed by atoms with Crippen LogP contribution in [0, 0.1) is 0 Å². The summed E-state index contributed by atoms with van der Waals surface area (Å²) in [6.07, 6.45) is -2.24. The van der Waals surface area contributed by atoms with Gasteiger partial charge in [0.25, 0.3) is 0 Å². The Balaban J connectivity index is 1.39. The molecule has 0 spiro atoms. The minimum absolute atomic E-state index is 0.00925. The summed E-state index contributed by atoms with van der Waals surface area (Å²) in [6.45, 7) is 5.17. The molecule has 0 aromatic heterocycles. The first kappa shape index (κ1) is 23.6. The molecule has 2 aromatic carbocycles. The summed E-state index contributed by atoms with van der Waals surface area (Å²) in [5.74, 6) is -1.31. The number of ether oxygens (including phenoxy) is 2. The number of likely N-dealkylation sites (tertiary alicyclic amines) is 1. The van der Waals surface area contributed by atoms with E-state index in [9.17, 15) is 19.5 Å². The van der Waals surface area contributed by atoms with Gasteiger partial charge < -0.3 is 14.6 Å². The van der Waals surface area contributed by atoms with Gasteiger partial charge in [-0.1, -0.05) is 48.5 Å². The number of amides is 2. The van der Waals surface area contributed by atoms with Crippen LogP contribution >= 0.6 is 0 Å². The number of carbonyl (C=O) groups excluding carboxylic acids is 2. The van der Waals surface area contributed by atoms with E-state index in [1.165, 1.54) is 0 Å². The van der Waals surface area contributed by atoms with Crippen molar-refractivity contribution in [3.8, 4) is 11.1 Å². The van der Waals surface area contributed by atoms with Gasteiger partial charge in [-0.25, -0.2) is 14.4 Å². The Labute approximate surface area is 197 Å². The SMILES string of the molecule is CC(C)(C)OC(=O)NO[C@@H]1C[C@@H](C(=O)O)N(C(=O)OCC2c3ccccc3-c3ccccc32)C1. The lowest BCUT2D eigenvalue weighted by atomic mass is 9.98. The van der Waals surface area contributed by atoms with Gasteiger partial charge in [-0.3, -0.25) is 9.74 Å². The predicted molar refractivity (Wildman–Crippen MR) is 122 cm³/mol. The fourth-order valence-corrected chi connectivity index (χ4v) is 4.43. The molecule has 1 aliphatic heterocycles. The summed E-state index contributed by atoms with van der Waals surface area (Å²) >= 11 is 0. The van der Waals surface area contributed by atoms with Crippen molar-refractivity contribution in [1.29, 1.82) is 0 Å². The number of carboxylic acid groups (broad SMARTS) is 1. The molecule has 4 rings (SSSR count). The maximum atomic E-state index is 12.9. The minimum atomic E-state index is -1.17. The molecule has 0 saturated carbocycles. The predicted octanol–water partition coefficient (Wildman–Crippen LogP) is 3.92. The van der Waals surface area contributed by atoms with Crippen LogP contribution in [0.3, 0.4) is 0 Å². The molecule has 2 amide bonds. The summed E-state index contributed by atoms with van der Waals surface area (Å²) in [4.78, 5) is 42.9. The third-order valence-electron chi connectivity index (χ3n) is 5.83. The Morgan fingerprint density at radius 2 is 1.62 bits per heavy atom. The van der Waals surface area contributed by atoms with Crippen LogP contribution in [0.1, 0.15) is 44.2 Å². The number of fused-ring (bicyclic) bond motifs is 3. The number of carboxylic acids is 1. The van der Waals surface area contributed by atoms with E-state index in [1.807, 2.05) is 48.5 Å². The van der Waals surface area contributed by atoms with E-state index in [0.717, 1.165) is 27.2 Å². The average molecular weight is 469 g/mol. The third-order valence-corrected chi connectivity index (χ3v) is 5.83. The van der Waals surface area contributed by atoms with E-state index in [2.05, 4.69) is 5.48 Å². The monoisotopic (exact) mass is 468 g/mol. The second-order valence-corrected chi connectivity index (χ2v) is 9.39. The van der Waals surface area contributed by atoms with Crippen molar-refractivity contribution >= 4 is 18.2 Å². The lowest BCUT2D eigenvalue weighted by Crippen LogP contribution is -2.41. The van der Waals surface area contributed by atoms with Crippen LogP contribution in [-0.2, 0) is 19.1 Å². The number of rotatable bonds is 5. The van der Waals surface area contributed by atoms with Crippen molar-refractivity contribution in [2.75, 3.05) is 13.2 Å². The zero-order valence-electron chi connectivity index (χ0n) is 19.3. The number of benzene rings is 2. The smallest absolute Gasteiger partial charge is 0.431 e. The third kappa shape index (κ3) is 4.99. The van der Waals surface area contributed by atoms with E-state index >= 15 is 0 Å². The average Bonchev–Trinajstić information content (AvgIpc) is 3.35. The van der Waals surface area contributed by atoms with Gasteiger partial charge in [0.1, 0.15) is 24.4 Å². The minimum Gasteiger partial charge on any atom is -0.480 e. The summed E-state index contributed by atoms with van der Waals surface area (Å²) in [5.41, 5.74) is 5.79. The first-order chi connectivity index (χ1) is 16.1. The van der Waals surface area contributed by atoms with Crippen molar-refractivity contribution in [1.82, 2.24) is 10.4 Å². The highest BCUT2D eigenvalue weighted by molar-refractivity contribution is 5.82. The molecule has 34 heavy (non-hydrogen) atoms. The molecule has 2 N–H and O–H groups in total. The summed E-state index contributed by atoms with van der Waals surface area (Å²) in [5, 5.41) is 9.60. The largest absolute Gasteiger partial charge is 0.480 e. The lowest BCUT2D eigenvalue weighted by Gasteiger charge is -2.22. The van der Waals surface area contributed by atoms with E-state index in [4.69, 9.17) is 14.3 Å². The Bertz CT molecular complexity index is 1050. The Morgan fingerprint density at radius 3 is 2.18 bits per heavy atom. The topological polar surface area (TPSA) is 114 Å². The number of nitrogens with zero attached hydrogens (tertiary/aromatic N) is 1. The molecule has 0 unspecified atom stereocenters. The number of nitrogens with one attached hydrogen (secondary N) is 1. The highest BCUT2D eigenvalue weighted by Gasteiger charge is 2.42. The van der Waals surface area contributed by atoms with E-state index in [-0.39, 0.29) is 25.5 Å². The number of hydrogen-bond acceptors (Lipinski definition) is 6. The summed E-state index contributed by atoms with van der Waals surface area (Å²) in [6, 6.07) is 14.8. The van der Waals surface area contributed by atoms with Crippen LogP contribution < -0.4 is 5.48 Å². The van der Waals surface area contributed by atoms with Crippen molar-refractivity contribution in [2.45, 2.75) is 50.9 Å². The molecule has 2 atom stereocenters. The molecule has 1 saturated heterocycles.